The van der Waals surface area contributed by atoms with Crippen LogP contribution in [0.5, 0.6) is 0 Å². The third-order valence-electron chi connectivity index (χ3n) is 5.21. The molecule has 2 fully saturated rings. The van der Waals surface area contributed by atoms with Crippen LogP contribution in [0.3, 0.4) is 0 Å². The third kappa shape index (κ3) is 3.45. The molecule has 2 nitrogen and oxygen atoms in total. The lowest BCUT2D eigenvalue weighted by molar-refractivity contribution is 0.0473. The molecule has 1 heterocycles. The highest BCUT2D eigenvalue weighted by molar-refractivity contribution is 4.89. The van der Waals surface area contributed by atoms with Gasteiger partial charge in [-0.25, -0.2) is 0 Å². The van der Waals surface area contributed by atoms with Crippen LogP contribution in [0.15, 0.2) is 0 Å². The Morgan fingerprint density at radius 2 is 1.71 bits per heavy atom. The van der Waals surface area contributed by atoms with Crippen molar-refractivity contribution in [1.82, 2.24) is 10.2 Å². The van der Waals surface area contributed by atoms with E-state index in [1.165, 1.54) is 64.5 Å². The minimum Gasteiger partial charge on any atom is -0.320 e. The predicted octanol–water partition coefficient (Wildman–Crippen LogP) is 3.03. The smallest absolute Gasteiger partial charge is 0.00790 e. The summed E-state index contributed by atoms with van der Waals surface area (Å²) in [4.78, 5) is 2.72. The van der Waals surface area contributed by atoms with Crippen molar-refractivity contribution in [2.75, 3.05) is 26.7 Å². The Morgan fingerprint density at radius 3 is 2.29 bits per heavy atom. The van der Waals surface area contributed by atoms with Gasteiger partial charge in [0.25, 0.3) is 0 Å². The highest BCUT2D eigenvalue weighted by Crippen LogP contribution is 2.44. The molecule has 0 aromatic rings. The lowest BCUT2D eigenvalue weighted by Gasteiger charge is -2.46. The molecule has 1 aliphatic carbocycles. The second kappa shape index (κ2) is 6.19. The molecule has 1 aliphatic heterocycles. The van der Waals surface area contributed by atoms with E-state index in [9.17, 15) is 0 Å². The first-order chi connectivity index (χ1) is 8.26. The summed E-state index contributed by atoms with van der Waals surface area (Å²) in [6, 6.07) is 0.767. The van der Waals surface area contributed by atoms with Crippen LogP contribution in [-0.2, 0) is 0 Å². The van der Waals surface area contributed by atoms with E-state index in [0.717, 1.165) is 18.0 Å². The minimum absolute atomic E-state index is 0.761. The molecular weight excluding hydrogens is 208 g/mol. The molecule has 1 atom stereocenters. The van der Waals surface area contributed by atoms with E-state index in [1.54, 1.807) is 0 Å². The zero-order valence-electron chi connectivity index (χ0n) is 11.8. The number of rotatable bonds is 4. The summed E-state index contributed by atoms with van der Waals surface area (Å²) in [5.41, 5.74) is 0.761. The van der Waals surface area contributed by atoms with Crippen molar-refractivity contribution in [3.05, 3.63) is 0 Å². The van der Waals surface area contributed by atoms with Gasteiger partial charge in [-0.15, -0.1) is 0 Å². The van der Waals surface area contributed by atoms with Crippen molar-refractivity contribution < 1.29 is 0 Å². The van der Waals surface area contributed by atoms with Gasteiger partial charge in [-0.3, -0.25) is 0 Å². The van der Waals surface area contributed by atoms with Crippen LogP contribution in [0.1, 0.15) is 58.3 Å². The van der Waals surface area contributed by atoms with Gasteiger partial charge in [-0.1, -0.05) is 19.3 Å². The molecule has 100 valence electrons. The van der Waals surface area contributed by atoms with Gasteiger partial charge in [-0.05, 0) is 71.1 Å². The van der Waals surface area contributed by atoms with Crippen LogP contribution in [0, 0.1) is 5.41 Å². The van der Waals surface area contributed by atoms with Crippen molar-refractivity contribution in [2.24, 2.45) is 5.41 Å². The van der Waals surface area contributed by atoms with Gasteiger partial charge in [0.1, 0.15) is 0 Å². The SMILES string of the molecule is CNCCC(C)N1CCC2(CCCCC2)CC1. The zero-order valence-corrected chi connectivity index (χ0v) is 11.8. The topological polar surface area (TPSA) is 15.3 Å². The number of hydrogen-bond acceptors (Lipinski definition) is 2. The standard InChI is InChI=1S/C15H30N2/c1-14(6-11-16-2)17-12-9-15(10-13-17)7-4-3-5-8-15/h14,16H,3-13H2,1-2H3. The lowest BCUT2D eigenvalue weighted by Crippen LogP contribution is -2.45. The summed E-state index contributed by atoms with van der Waals surface area (Å²) in [6.07, 6.45) is 11.8. The summed E-state index contributed by atoms with van der Waals surface area (Å²) in [6.45, 7) is 6.26. The summed E-state index contributed by atoms with van der Waals surface area (Å²) >= 11 is 0. The number of nitrogens with one attached hydrogen (secondary N) is 1. The molecule has 0 amide bonds. The van der Waals surface area contributed by atoms with Gasteiger partial charge >= 0.3 is 0 Å². The zero-order chi connectivity index (χ0) is 12.1. The van der Waals surface area contributed by atoms with Gasteiger partial charge in [-0.2, -0.15) is 0 Å². The van der Waals surface area contributed by atoms with Crippen LogP contribution in [-0.4, -0.2) is 37.6 Å². The fourth-order valence-corrected chi connectivity index (χ4v) is 3.78. The first kappa shape index (κ1) is 13.4. The number of hydrogen-bond donors (Lipinski definition) is 1. The van der Waals surface area contributed by atoms with Gasteiger partial charge in [0.15, 0.2) is 0 Å². The highest BCUT2D eigenvalue weighted by Gasteiger charge is 2.36. The normalized spacial score (nSPS) is 27.2. The van der Waals surface area contributed by atoms with Crippen LogP contribution in [0.25, 0.3) is 0 Å². The van der Waals surface area contributed by atoms with E-state index in [2.05, 4.69) is 24.2 Å². The molecule has 2 aliphatic rings. The Labute approximate surface area is 107 Å². The maximum atomic E-state index is 3.27. The minimum atomic E-state index is 0.761. The van der Waals surface area contributed by atoms with E-state index in [-0.39, 0.29) is 0 Å². The number of likely N-dealkylation sites (tertiary alicyclic amines) is 1. The summed E-state index contributed by atoms with van der Waals surface area (Å²) < 4.78 is 0. The van der Waals surface area contributed by atoms with Gasteiger partial charge in [0, 0.05) is 6.04 Å². The molecule has 1 unspecified atom stereocenters. The maximum absolute atomic E-state index is 3.27. The van der Waals surface area contributed by atoms with Crippen molar-refractivity contribution in [3.63, 3.8) is 0 Å². The van der Waals surface area contributed by atoms with Crippen LogP contribution in [0.4, 0.5) is 0 Å². The first-order valence-corrected chi connectivity index (χ1v) is 7.64. The second-order valence-corrected chi connectivity index (χ2v) is 6.34. The Bertz CT molecular complexity index is 211. The molecule has 0 aromatic heterocycles. The number of piperidine rings is 1. The monoisotopic (exact) mass is 238 g/mol. The quantitative estimate of drug-likeness (QED) is 0.810. The molecule has 0 bridgehead atoms. The average Bonchev–Trinajstić information content (AvgIpc) is 2.38. The average molecular weight is 238 g/mol. The molecule has 2 rings (SSSR count). The fraction of sp³-hybridized carbons (Fsp3) is 1.00. The Morgan fingerprint density at radius 1 is 1.06 bits per heavy atom. The Hall–Kier alpha value is -0.0800. The largest absolute Gasteiger partial charge is 0.320 e. The van der Waals surface area contributed by atoms with Crippen LogP contribution >= 0.6 is 0 Å². The van der Waals surface area contributed by atoms with E-state index >= 15 is 0 Å². The van der Waals surface area contributed by atoms with Crippen LogP contribution in [0.2, 0.25) is 0 Å². The van der Waals surface area contributed by atoms with Crippen molar-refractivity contribution in [1.29, 1.82) is 0 Å². The van der Waals surface area contributed by atoms with Crippen molar-refractivity contribution in [2.45, 2.75) is 64.3 Å². The Balaban J connectivity index is 1.76. The van der Waals surface area contributed by atoms with Crippen LogP contribution < -0.4 is 5.32 Å². The summed E-state index contributed by atoms with van der Waals surface area (Å²) in [7, 11) is 2.06. The predicted molar refractivity (Wildman–Crippen MR) is 74.3 cm³/mol. The lowest BCUT2D eigenvalue weighted by atomic mass is 9.68. The molecule has 0 radical (unpaired) electrons. The molecule has 1 spiro atoms. The van der Waals surface area contributed by atoms with Crippen molar-refractivity contribution in [3.8, 4) is 0 Å². The van der Waals surface area contributed by atoms with E-state index in [0.29, 0.717) is 0 Å². The highest BCUT2D eigenvalue weighted by atomic mass is 15.2. The maximum Gasteiger partial charge on any atom is 0.00790 e. The third-order valence-corrected chi connectivity index (χ3v) is 5.21. The molecule has 0 aromatic carbocycles. The van der Waals surface area contributed by atoms with E-state index < -0.39 is 0 Å². The van der Waals surface area contributed by atoms with Crippen molar-refractivity contribution >= 4 is 0 Å². The molecule has 1 saturated heterocycles. The van der Waals surface area contributed by atoms with Gasteiger partial charge in [0.05, 0.1) is 0 Å². The van der Waals surface area contributed by atoms with Gasteiger partial charge < -0.3 is 10.2 Å². The molecule has 1 N–H and O–H groups in total. The summed E-state index contributed by atoms with van der Waals surface area (Å²) in [5, 5.41) is 3.27. The first-order valence-electron chi connectivity index (χ1n) is 7.64. The van der Waals surface area contributed by atoms with E-state index in [1.807, 2.05) is 0 Å². The molecule has 17 heavy (non-hydrogen) atoms. The Kier molecular flexibility index (Phi) is 4.87. The molecule has 1 saturated carbocycles. The fourth-order valence-electron chi connectivity index (χ4n) is 3.78. The molecular formula is C15H30N2. The number of nitrogens with zero attached hydrogens (tertiary/aromatic N) is 1. The molecule has 2 heteroatoms. The second-order valence-electron chi connectivity index (χ2n) is 6.34. The van der Waals surface area contributed by atoms with Gasteiger partial charge in [0.2, 0.25) is 0 Å². The summed E-state index contributed by atoms with van der Waals surface area (Å²) in [5.74, 6) is 0. The van der Waals surface area contributed by atoms with E-state index in [4.69, 9.17) is 0 Å².